The lowest BCUT2D eigenvalue weighted by Crippen LogP contribution is -2.39. The first-order valence-electron chi connectivity index (χ1n) is 7.58. The summed E-state index contributed by atoms with van der Waals surface area (Å²) in [5, 5.41) is 18.8. The van der Waals surface area contributed by atoms with E-state index in [4.69, 9.17) is 9.84 Å². The SMILES string of the molecule is CCCCC[C@]1(CC)C[C@H](CC)[C@@H]([C@H](O)C(=O)O)O1. The number of hydrogen-bond acceptors (Lipinski definition) is 3. The smallest absolute Gasteiger partial charge is 0.335 e. The molecule has 4 heteroatoms. The first-order valence-corrected chi connectivity index (χ1v) is 7.58. The number of aliphatic carboxylic acids is 1. The van der Waals surface area contributed by atoms with Crippen molar-refractivity contribution in [2.45, 2.75) is 83.5 Å². The van der Waals surface area contributed by atoms with Gasteiger partial charge in [0.25, 0.3) is 0 Å². The van der Waals surface area contributed by atoms with Gasteiger partial charge in [0, 0.05) is 0 Å². The average Bonchev–Trinajstić information content (AvgIpc) is 2.78. The van der Waals surface area contributed by atoms with Crippen LogP contribution in [0, 0.1) is 5.92 Å². The van der Waals surface area contributed by atoms with Crippen LogP contribution in [-0.2, 0) is 9.53 Å². The molecule has 0 radical (unpaired) electrons. The second kappa shape index (κ2) is 7.25. The van der Waals surface area contributed by atoms with Crippen molar-refractivity contribution in [1.82, 2.24) is 0 Å². The van der Waals surface area contributed by atoms with Crippen molar-refractivity contribution in [3.63, 3.8) is 0 Å². The monoisotopic (exact) mass is 272 g/mol. The van der Waals surface area contributed by atoms with Gasteiger partial charge in [-0.2, -0.15) is 0 Å². The number of ether oxygens (including phenoxy) is 1. The normalized spacial score (nSPS) is 32.4. The van der Waals surface area contributed by atoms with E-state index in [0.29, 0.717) is 0 Å². The fourth-order valence-electron chi connectivity index (χ4n) is 3.13. The van der Waals surface area contributed by atoms with E-state index in [2.05, 4.69) is 13.8 Å². The van der Waals surface area contributed by atoms with Crippen LogP contribution in [0.4, 0.5) is 0 Å². The Morgan fingerprint density at radius 1 is 1.37 bits per heavy atom. The van der Waals surface area contributed by atoms with E-state index in [1.807, 2.05) is 6.92 Å². The number of carboxylic acid groups (broad SMARTS) is 1. The topological polar surface area (TPSA) is 66.8 Å². The van der Waals surface area contributed by atoms with Crippen molar-refractivity contribution in [3.8, 4) is 0 Å². The molecule has 0 bridgehead atoms. The third kappa shape index (κ3) is 3.93. The zero-order valence-electron chi connectivity index (χ0n) is 12.4. The van der Waals surface area contributed by atoms with E-state index in [-0.39, 0.29) is 11.5 Å². The molecule has 0 aromatic carbocycles. The summed E-state index contributed by atoms with van der Waals surface area (Å²) in [6, 6.07) is 0. The van der Waals surface area contributed by atoms with Gasteiger partial charge >= 0.3 is 5.97 Å². The van der Waals surface area contributed by atoms with Gasteiger partial charge in [-0.05, 0) is 25.2 Å². The van der Waals surface area contributed by atoms with Gasteiger partial charge in [0.05, 0.1) is 11.7 Å². The summed E-state index contributed by atoms with van der Waals surface area (Å²) in [5.41, 5.74) is -0.225. The van der Waals surface area contributed by atoms with E-state index >= 15 is 0 Å². The van der Waals surface area contributed by atoms with Gasteiger partial charge < -0.3 is 14.9 Å². The molecule has 1 rings (SSSR count). The number of rotatable bonds is 8. The number of aliphatic hydroxyl groups is 1. The van der Waals surface area contributed by atoms with Crippen molar-refractivity contribution in [2.75, 3.05) is 0 Å². The Labute approximate surface area is 116 Å². The van der Waals surface area contributed by atoms with Crippen LogP contribution in [0.5, 0.6) is 0 Å². The molecule has 112 valence electrons. The Morgan fingerprint density at radius 3 is 2.53 bits per heavy atom. The van der Waals surface area contributed by atoms with Crippen molar-refractivity contribution in [3.05, 3.63) is 0 Å². The van der Waals surface area contributed by atoms with Gasteiger partial charge in [0.1, 0.15) is 0 Å². The van der Waals surface area contributed by atoms with E-state index in [9.17, 15) is 9.90 Å². The maximum absolute atomic E-state index is 11.0. The Hall–Kier alpha value is -0.610. The maximum Gasteiger partial charge on any atom is 0.335 e. The van der Waals surface area contributed by atoms with E-state index in [1.54, 1.807) is 0 Å². The average molecular weight is 272 g/mol. The molecule has 0 saturated carbocycles. The Bertz CT molecular complexity index is 292. The van der Waals surface area contributed by atoms with E-state index in [1.165, 1.54) is 6.42 Å². The molecular formula is C15H28O4. The molecule has 0 unspecified atom stereocenters. The highest BCUT2D eigenvalue weighted by Crippen LogP contribution is 2.43. The molecule has 1 saturated heterocycles. The first-order chi connectivity index (χ1) is 8.99. The highest BCUT2D eigenvalue weighted by molar-refractivity contribution is 5.72. The lowest BCUT2D eigenvalue weighted by molar-refractivity contribution is -0.161. The molecule has 1 aliphatic heterocycles. The molecule has 4 atom stereocenters. The molecule has 1 aliphatic rings. The first kappa shape index (κ1) is 16.4. The van der Waals surface area contributed by atoms with Crippen LogP contribution < -0.4 is 0 Å². The minimum atomic E-state index is -1.40. The molecule has 2 N–H and O–H groups in total. The van der Waals surface area contributed by atoms with Crippen LogP contribution in [0.2, 0.25) is 0 Å². The summed E-state index contributed by atoms with van der Waals surface area (Å²) >= 11 is 0. The maximum atomic E-state index is 11.0. The molecule has 0 aromatic rings. The minimum Gasteiger partial charge on any atom is -0.479 e. The second-order valence-electron chi connectivity index (χ2n) is 5.73. The van der Waals surface area contributed by atoms with Crippen LogP contribution in [0.3, 0.4) is 0 Å². The van der Waals surface area contributed by atoms with Gasteiger partial charge in [-0.25, -0.2) is 4.79 Å². The van der Waals surface area contributed by atoms with Gasteiger partial charge in [0.15, 0.2) is 6.10 Å². The molecule has 0 amide bonds. The molecule has 19 heavy (non-hydrogen) atoms. The molecule has 0 aromatic heterocycles. The van der Waals surface area contributed by atoms with Crippen LogP contribution in [0.1, 0.15) is 65.7 Å². The predicted molar refractivity (Wildman–Crippen MR) is 74.1 cm³/mol. The largest absolute Gasteiger partial charge is 0.479 e. The fraction of sp³-hybridized carbons (Fsp3) is 0.933. The van der Waals surface area contributed by atoms with Gasteiger partial charge in [-0.1, -0.05) is 46.5 Å². The standard InChI is InChI=1S/C15H28O4/c1-4-7-8-9-15(6-3)10-11(5-2)13(19-15)12(16)14(17)18/h11-13,16H,4-10H2,1-3H3,(H,17,18)/t11-,12-,13-,15+/m0/s1. The van der Waals surface area contributed by atoms with Crippen molar-refractivity contribution in [1.29, 1.82) is 0 Å². The quantitative estimate of drug-likeness (QED) is 0.667. The number of carboxylic acids is 1. The summed E-state index contributed by atoms with van der Waals surface area (Å²) in [4.78, 5) is 11.0. The van der Waals surface area contributed by atoms with E-state index in [0.717, 1.165) is 38.5 Å². The third-order valence-corrected chi connectivity index (χ3v) is 4.45. The molecule has 4 nitrogen and oxygen atoms in total. The van der Waals surface area contributed by atoms with Crippen molar-refractivity contribution < 1.29 is 19.7 Å². The summed E-state index contributed by atoms with van der Waals surface area (Å²) in [7, 11) is 0. The molecular weight excluding hydrogens is 244 g/mol. The summed E-state index contributed by atoms with van der Waals surface area (Å²) in [5.74, 6) is -1.03. The Morgan fingerprint density at radius 2 is 2.05 bits per heavy atom. The van der Waals surface area contributed by atoms with Gasteiger partial charge in [0.2, 0.25) is 0 Å². The lowest BCUT2D eigenvalue weighted by Gasteiger charge is -2.29. The molecule has 1 heterocycles. The predicted octanol–water partition coefficient (Wildman–Crippen LogP) is 2.98. The van der Waals surface area contributed by atoms with Gasteiger partial charge in [-0.3, -0.25) is 0 Å². The van der Waals surface area contributed by atoms with Crippen LogP contribution in [-0.4, -0.2) is 34.0 Å². The minimum absolute atomic E-state index is 0.146. The molecule has 1 fully saturated rings. The third-order valence-electron chi connectivity index (χ3n) is 4.45. The number of hydrogen-bond donors (Lipinski definition) is 2. The van der Waals surface area contributed by atoms with Crippen LogP contribution >= 0.6 is 0 Å². The fourth-order valence-corrected chi connectivity index (χ4v) is 3.13. The molecule has 0 aliphatic carbocycles. The Kier molecular flexibility index (Phi) is 6.27. The number of carbonyl (C=O) groups is 1. The van der Waals surface area contributed by atoms with Crippen molar-refractivity contribution >= 4 is 5.97 Å². The number of unbranched alkanes of at least 4 members (excludes halogenated alkanes) is 2. The molecule has 0 spiro atoms. The van der Waals surface area contributed by atoms with Crippen LogP contribution in [0.15, 0.2) is 0 Å². The summed E-state index contributed by atoms with van der Waals surface area (Å²) < 4.78 is 6.04. The highest BCUT2D eigenvalue weighted by Gasteiger charge is 2.48. The summed E-state index contributed by atoms with van der Waals surface area (Å²) in [6.07, 6.45) is 5.08. The number of aliphatic hydroxyl groups excluding tert-OH is 1. The Balaban J connectivity index is 2.73. The zero-order chi connectivity index (χ0) is 14.5. The second-order valence-corrected chi connectivity index (χ2v) is 5.73. The highest BCUT2D eigenvalue weighted by atomic mass is 16.5. The van der Waals surface area contributed by atoms with Crippen molar-refractivity contribution in [2.24, 2.45) is 5.92 Å². The van der Waals surface area contributed by atoms with Gasteiger partial charge in [-0.15, -0.1) is 0 Å². The van der Waals surface area contributed by atoms with E-state index < -0.39 is 18.2 Å². The van der Waals surface area contributed by atoms with Crippen LogP contribution in [0.25, 0.3) is 0 Å². The summed E-state index contributed by atoms with van der Waals surface area (Å²) in [6.45, 7) is 6.29. The lowest BCUT2D eigenvalue weighted by atomic mass is 9.84. The zero-order valence-corrected chi connectivity index (χ0v) is 12.4.